The third-order valence-electron chi connectivity index (χ3n) is 12.2. The zero-order valence-electron chi connectivity index (χ0n) is 33.2. The minimum absolute atomic E-state index is 0.812. The number of fused-ring (bicyclic) bond motifs is 6. The summed E-state index contributed by atoms with van der Waals surface area (Å²) in [6, 6.07) is 70.2. The fourth-order valence-corrected chi connectivity index (χ4v) is 9.37. The van der Waals surface area contributed by atoms with Crippen LogP contribution in [-0.4, -0.2) is 22.2 Å². The predicted molar refractivity (Wildman–Crippen MR) is 255 cm³/mol. The Labute approximate surface area is 350 Å². The maximum Gasteiger partial charge on any atom is 0.0646 e. The van der Waals surface area contributed by atoms with Crippen LogP contribution in [0, 0.1) is 0 Å². The first kappa shape index (κ1) is 35.4. The molecule has 0 amide bonds. The summed E-state index contributed by atoms with van der Waals surface area (Å²) in [5.41, 5.74) is 16.3. The zero-order valence-corrected chi connectivity index (χ0v) is 33.2. The molecule has 0 radical (unpaired) electrons. The van der Waals surface area contributed by atoms with Crippen molar-refractivity contribution < 1.29 is 0 Å². The molecule has 0 N–H and O–H groups in total. The molecule has 2 aromatic heterocycles. The second kappa shape index (κ2) is 14.5. The summed E-state index contributed by atoms with van der Waals surface area (Å²) in [7, 11) is 0. The van der Waals surface area contributed by atoms with Crippen LogP contribution in [0.3, 0.4) is 0 Å². The van der Waals surface area contributed by atoms with Crippen LogP contribution in [0.15, 0.2) is 231 Å². The summed E-state index contributed by atoms with van der Waals surface area (Å²) in [6.07, 6.45) is 3.92. The number of rotatable bonds is 8. The molecule has 3 heterocycles. The highest BCUT2D eigenvalue weighted by Gasteiger charge is 2.25. The molecule has 0 aliphatic carbocycles. The lowest BCUT2D eigenvalue weighted by Gasteiger charge is -2.39. The highest BCUT2D eigenvalue weighted by atomic mass is 15.3. The van der Waals surface area contributed by atoms with Crippen LogP contribution < -0.4 is 9.80 Å². The van der Waals surface area contributed by atoms with Gasteiger partial charge in [-0.3, -0.25) is 0 Å². The molecule has 0 saturated heterocycles. The van der Waals surface area contributed by atoms with Gasteiger partial charge in [-0.1, -0.05) is 122 Å². The van der Waals surface area contributed by atoms with Gasteiger partial charge >= 0.3 is 0 Å². The van der Waals surface area contributed by atoms with Gasteiger partial charge in [0, 0.05) is 57.4 Å². The smallest absolute Gasteiger partial charge is 0.0646 e. The van der Waals surface area contributed by atoms with Crippen LogP contribution in [0.25, 0.3) is 77.2 Å². The van der Waals surface area contributed by atoms with Crippen LogP contribution in [-0.2, 0) is 0 Å². The number of hydrogen-bond donors (Lipinski definition) is 0. The van der Waals surface area contributed by atoms with E-state index in [-0.39, 0.29) is 0 Å². The van der Waals surface area contributed by atoms with Gasteiger partial charge in [-0.2, -0.15) is 0 Å². The Kier molecular flexibility index (Phi) is 8.56. The van der Waals surface area contributed by atoms with Crippen molar-refractivity contribution in [3.05, 3.63) is 231 Å². The van der Waals surface area contributed by atoms with Crippen LogP contribution in [0.5, 0.6) is 0 Å². The van der Waals surface area contributed by atoms with E-state index in [1.165, 1.54) is 77.2 Å². The largest absolute Gasteiger partial charge is 0.338 e. The highest BCUT2D eigenvalue weighted by molar-refractivity contribution is 6.11. The third-order valence-corrected chi connectivity index (χ3v) is 12.2. The number of nitrogens with zero attached hydrogens (tertiary/aromatic N) is 4. The van der Waals surface area contributed by atoms with Gasteiger partial charge in [-0.15, -0.1) is 0 Å². The molecule has 0 bridgehead atoms. The van der Waals surface area contributed by atoms with Crippen molar-refractivity contribution in [2.75, 3.05) is 22.9 Å². The monoisotopic (exact) mass is 770 g/mol. The molecule has 4 heteroatoms. The first-order valence-corrected chi connectivity index (χ1v) is 20.6. The summed E-state index contributed by atoms with van der Waals surface area (Å²) in [4.78, 5) is 4.72. The van der Waals surface area contributed by atoms with Gasteiger partial charge in [0.15, 0.2) is 0 Å². The van der Waals surface area contributed by atoms with Crippen molar-refractivity contribution in [2.24, 2.45) is 0 Å². The molecular weight excluding hydrogens is 729 g/mol. The molecule has 60 heavy (non-hydrogen) atoms. The van der Waals surface area contributed by atoms with Gasteiger partial charge < -0.3 is 18.9 Å². The van der Waals surface area contributed by atoms with Crippen molar-refractivity contribution in [2.45, 2.75) is 0 Å². The fourth-order valence-electron chi connectivity index (χ4n) is 9.37. The molecule has 286 valence electrons. The molecule has 0 atom stereocenters. The number of para-hydroxylation sites is 4. The molecule has 0 saturated carbocycles. The lowest BCUT2D eigenvalue weighted by molar-refractivity contribution is 0.792. The SMILES string of the molecule is C=CC1=C(C=C)N(c2ccc(-c3ccc4c(c3)c3ccccc3n4-c3ccccc3)cc2)CCN1c1ccc(-c2ccc3c(c2)c2ccccc2n3-c2ccccc2)cc1. The third kappa shape index (κ3) is 5.76. The van der Waals surface area contributed by atoms with Gasteiger partial charge in [0.05, 0.1) is 33.5 Å². The molecular formula is C56H42N4. The summed E-state index contributed by atoms with van der Waals surface area (Å²) >= 11 is 0. The Morgan fingerprint density at radius 2 is 0.667 bits per heavy atom. The predicted octanol–water partition coefficient (Wildman–Crippen LogP) is 14.1. The summed E-state index contributed by atoms with van der Waals surface area (Å²) in [5.74, 6) is 0. The van der Waals surface area contributed by atoms with Gasteiger partial charge in [0.2, 0.25) is 0 Å². The maximum absolute atomic E-state index is 4.27. The Morgan fingerprint density at radius 3 is 1.07 bits per heavy atom. The lowest BCUT2D eigenvalue weighted by atomic mass is 10.0. The second-order valence-corrected chi connectivity index (χ2v) is 15.4. The van der Waals surface area contributed by atoms with Crippen molar-refractivity contribution in [1.29, 1.82) is 0 Å². The number of aromatic nitrogens is 2. The Bertz CT molecular complexity index is 3050. The van der Waals surface area contributed by atoms with Crippen molar-refractivity contribution in [1.82, 2.24) is 9.13 Å². The molecule has 8 aromatic carbocycles. The molecule has 0 unspecified atom stereocenters. The maximum atomic E-state index is 4.27. The highest BCUT2D eigenvalue weighted by Crippen LogP contribution is 2.39. The van der Waals surface area contributed by atoms with E-state index < -0.39 is 0 Å². The number of anilines is 2. The van der Waals surface area contributed by atoms with Gasteiger partial charge in [-0.25, -0.2) is 0 Å². The summed E-state index contributed by atoms with van der Waals surface area (Å²) < 4.78 is 4.72. The van der Waals surface area contributed by atoms with Crippen molar-refractivity contribution in [3.63, 3.8) is 0 Å². The van der Waals surface area contributed by atoms with E-state index >= 15 is 0 Å². The number of hydrogen-bond acceptors (Lipinski definition) is 2. The molecule has 0 fully saturated rings. The van der Waals surface area contributed by atoms with Crippen molar-refractivity contribution in [3.8, 4) is 33.6 Å². The standard InChI is InChI=1S/C56H42N4/c1-3-51-52(4-2)58(44-31-25-40(26-32-44)42-28-34-56-50(38-42)48-20-12-14-22-54(48)60(56)46-17-9-6-10-18-46)36-35-57(51)43-29-23-39(24-30-43)41-27-33-55-49(37-41)47-19-11-13-21-53(47)59(55)45-15-7-5-8-16-45/h3-34,37-38H,1-2,35-36H2. The van der Waals surface area contributed by atoms with E-state index in [0.717, 1.165) is 35.9 Å². The molecule has 4 nitrogen and oxygen atoms in total. The van der Waals surface area contributed by atoms with Crippen LogP contribution >= 0.6 is 0 Å². The topological polar surface area (TPSA) is 16.3 Å². The van der Waals surface area contributed by atoms with E-state index in [2.05, 4.69) is 226 Å². The minimum atomic E-state index is 0.812. The Hall–Kier alpha value is -7.82. The van der Waals surface area contributed by atoms with Crippen LogP contribution in [0.1, 0.15) is 0 Å². The molecule has 10 aromatic rings. The molecule has 1 aliphatic rings. The van der Waals surface area contributed by atoms with E-state index in [1.807, 2.05) is 12.2 Å². The number of allylic oxidation sites excluding steroid dienone is 2. The van der Waals surface area contributed by atoms with E-state index in [4.69, 9.17) is 0 Å². The average molecular weight is 771 g/mol. The summed E-state index contributed by atoms with van der Waals surface area (Å²) in [5, 5.41) is 5.01. The van der Waals surface area contributed by atoms with E-state index in [0.29, 0.717) is 0 Å². The number of benzene rings is 8. The first-order valence-electron chi connectivity index (χ1n) is 20.6. The molecule has 11 rings (SSSR count). The van der Waals surface area contributed by atoms with Gasteiger partial charge in [-0.05, 0) is 119 Å². The van der Waals surface area contributed by atoms with Gasteiger partial charge in [0.25, 0.3) is 0 Å². The van der Waals surface area contributed by atoms with Crippen molar-refractivity contribution >= 4 is 55.0 Å². The fraction of sp³-hybridized carbons (Fsp3) is 0.0357. The minimum Gasteiger partial charge on any atom is -0.338 e. The van der Waals surface area contributed by atoms with E-state index in [9.17, 15) is 0 Å². The zero-order chi connectivity index (χ0) is 40.2. The Balaban J connectivity index is 0.876. The lowest BCUT2D eigenvalue weighted by Crippen LogP contribution is -2.41. The molecule has 0 spiro atoms. The second-order valence-electron chi connectivity index (χ2n) is 15.4. The summed E-state index contributed by atoms with van der Waals surface area (Å²) in [6.45, 7) is 10.2. The van der Waals surface area contributed by atoms with E-state index in [1.54, 1.807) is 0 Å². The molecule has 1 aliphatic heterocycles. The van der Waals surface area contributed by atoms with Crippen LogP contribution in [0.2, 0.25) is 0 Å². The average Bonchev–Trinajstić information content (AvgIpc) is 3.84. The normalized spacial score (nSPS) is 13.2. The van der Waals surface area contributed by atoms with Crippen LogP contribution in [0.4, 0.5) is 11.4 Å². The quantitative estimate of drug-likeness (QED) is 0.153. The first-order chi connectivity index (χ1) is 29.7. The van der Waals surface area contributed by atoms with Gasteiger partial charge in [0.1, 0.15) is 0 Å². The Morgan fingerprint density at radius 1 is 0.317 bits per heavy atom.